The maximum atomic E-state index is 12.9. The summed E-state index contributed by atoms with van der Waals surface area (Å²) in [7, 11) is 0. The molecule has 104 valence electrons. The molecule has 0 aliphatic heterocycles. The topological polar surface area (TPSA) is 43.1 Å². The molecule has 0 saturated heterocycles. The van der Waals surface area contributed by atoms with Crippen LogP contribution in [-0.4, -0.2) is 5.78 Å². The monoisotopic (exact) mass is 279 g/mol. The van der Waals surface area contributed by atoms with E-state index in [4.69, 9.17) is 5.73 Å². The molecule has 0 atom stereocenters. The van der Waals surface area contributed by atoms with Crippen LogP contribution in [0.3, 0.4) is 0 Å². The van der Waals surface area contributed by atoms with E-state index in [0.29, 0.717) is 11.3 Å². The molecule has 0 saturated carbocycles. The quantitative estimate of drug-likeness (QED) is 0.670. The highest BCUT2D eigenvalue weighted by atomic mass is 19.4. The summed E-state index contributed by atoms with van der Waals surface area (Å²) in [5, 5.41) is 0. The van der Waals surface area contributed by atoms with Crippen molar-refractivity contribution in [2.24, 2.45) is 0 Å². The molecular weight excluding hydrogens is 267 g/mol. The Morgan fingerprint density at radius 3 is 2.25 bits per heavy atom. The van der Waals surface area contributed by atoms with E-state index in [0.717, 1.165) is 6.07 Å². The number of nitrogens with two attached hydrogens (primary N) is 1. The van der Waals surface area contributed by atoms with Crippen molar-refractivity contribution in [2.75, 3.05) is 5.73 Å². The summed E-state index contributed by atoms with van der Waals surface area (Å²) in [4.78, 5) is 12.3. The third-order valence-corrected chi connectivity index (χ3v) is 3.10. The van der Waals surface area contributed by atoms with Gasteiger partial charge in [0.05, 0.1) is 5.56 Å². The van der Waals surface area contributed by atoms with Crippen molar-refractivity contribution in [3.8, 4) is 0 Å². The van der Waals surface area contributed by atoms with Crippen LogP contribution in [0.15, 0.2) is 42.5 Å². The van der Waals surface area contributed by atoms with Crippen LogP contribution in [0.4, 0.5) is 18.9 Å². The zero-order valence-electron chi connectivity index (χ0n) is 10.7. The van der Waals surface area contributed by atoms with Gasteiger partial charge in [-0.3, -0.25) is 4.79 Å². The maximum Gasteiger partial charge on any atom is 0.417 e. The molecule has 0 aliphatic carbocycles. The Labute approximate surface area is 114 Å². The summed E-state index contributed by atoms with van der Waals surface area (Å²) in [6.45, 7) is 1.61. The second kappa shape index (κ2) is 5.00. The molecule has 0 aliphatic rings. The lowest BCUT2D eigenvalue weighted by molar-refractivity contribution is -0.137. The largest absolute Gasteiger partial charge is 0.417 e. The van der Waals surface area contributed by atoms with Gasteiger partial charge in [-0.25, -0.2) is 0 Å². The zero-order chi connectivity index (χ0) is 14.9. The summed E-state index contributed by atoms with van der Waals surface area (Å²) in [5.74, 6) is -0.678. The lowest BCUT2D eigenvalue weighted by Crippen LogP contribution is -2.14. The van der Waals surface area contributed by atoms with Crippen molar-refractivity contribution in [1.29, 1.82) is 0 Å². The van der Waals surface area contributed by atoms with Crippen LogP contribution >= 0.6 is 0 Å². The molecule has 2 aromatic rings. The molecule has 2 aromatic carbocycles. The number of carbonyl (C=O) groups is 1. The SMILES string of the molecule is Cc1c(N)cccc1C(=O)c1ccccc1C(F)(F)F. The molecule has 0 bridgehead atoms. The van der Waals surface area contributed by atoms with Crippen LogP contribution in [0, 0.1) is 6.92 Å². The van der Waals surface area contributed by atoms with Gasteiger partial charge in [-0.05, 0) is 24.6 Å². The molecule has 0 spiro atoms. The van der Waals surface area contributed by atoms with E-state index in [1.807, 2.05) is 0 Å². The Hall–Kier alpha value is -2.30. The van der Waals surface area contributed by atoms with Gasteiger partial charge in [-0.2, -0.15) is 13.2 Å². The predicted octanol–water partition coefficient (Wildman–Crippen LogP) is 3.83. The smallest absolute Gasteiger partial charge is 0.398 e. The van der Waals surface area contributed by atoms with Crippen molar-refractivity contribution in [1.82, 2.24) is 0 Å². The van der Waals surface area contributed by atoms with E-state index in [9.17, 15) is 18.0 Å². The van der Waals surface area contributed by atoms with E-state index in [1.54, 1.807) is 19.1 Å². The average molecular weight is 279 g/mol. The average Bonchev–Trinajstić information content (AvgIpc) is 2.40. The molecule has 0 amide bonds. The number of alkyl halides is 3. The standard InChI is InChI=1S/C15H12F3NO/c1-9-10(6-4-8-13(9)19)14(20)11-5-2-3-7-12(11)15(16,17)18/h2-8H,19H2,1H3. The van der Waals surface area contributed by atoms with Gasteiger partial charge < -0.3 is 5.73 Å². The Balaban J connectivity index is 2.58. The number of hydrogen-bond acceptors (Lipinski definition) is 2. The van der Waals surface area contributed by atoms with Gasteiger partial charge in [0.15, 0.2) is 5.78 Å². The van der Waals surface area contributed by atoms with Crippen LogP contribution in [0.25, 0.3) is 0 Å². The highest BCUT2D eigenvalue weighted by Gasteiger charge is 2.35. The number of carbonyl (C=O) groups excluding carboxylic acids is 1. The van der Waals surface area contributed by atoms with Crippen molar-refractivity contribution < 1.29 is 18.0 Å². The molecule has 2 rings (SSSR count). The van der Waals surface area contributed by atoms with Crippen molar-refractivity contribution in [3.05, 3.63) is 64.7 Å². The minimum Gasteiger partial charge on any atom is -0.398 e. The molecule has 0 unspecified atom stereocenters. The van der Waals surface area contributed by atoms with Gasteiger partial charge >= 0.3 is 6.18 Å². The van der Waals surface area contributed by atoms with Crippen LogP contribution in [0.2, 0.25) is 0 Å². The molecule has 20 heavy (non-hydrogen) atoms. The molecule has 0 heterocycles. The first kappa shape index (κ1) is 14.1. The van der Waals surface area contributed by atoms with Gasteiger partial charge in [0.25, 0.3) is 0 Å². The zero-order valence-corrected chi connectivity index (χ0v) is 10.7. The van der Waals surface area contributed by atoms with Crippen LogP contribution in [0.5, 0.6) is 0 Å². The molecule has 0 radical (unpaired) electrons. The highest BCUT2D eigenvalue weighted by Crippen LogP contribution is 2.33. The van der Waals surface area contributed by atoms with E-state index in [2.05, 4.69) is 0 Å². The third kappa shape index (κ3) is 2.52. The first-order chi connectivity index (χ1) is 9.32. The number of halogens is 3. The minimum absolute atomic E-state index is 0.182. The maximum absolute atomic E-state index is 12.9. The van der Waals surface area contributed by atoms with Gasteiger partial charge in [0, 0.05) is 16.8 Å². The third-order valence-electron chi connectivity index (χ3n) is 3.10. The van der Waals surface area contributed by atoms with Gasteiger partial charge in [0.2, 0.25) is 0 Å². The summed E-state index contributed by atoms with van der Waals surface area (Å²) >= 11 is 0. The van der Waals surface area contributed by atoms with E-state index in [-0.39, 0.29) is 11.1 Å². The molecule has 0 fully saturated rings. The Morgan fingerprint density at radius 1 is 1.00 bits per heavy atom. The molecule has 0 aromatic heterocycles. The summed E-state index contributed by atoms with van der Waals surface area (Å²) in [5.41, 5.74) is 5.42. The molecule has 5 heteroatoms. The second-order valence-corrected chi connectivity index (χ2v) is 4.39. The predicted molar refractivity (Wildman–Crippen MR) is 70.5 cm³/mol. The Kier molecular flexibility index (Phi) is 3.53. The lowest BCUT2D eigenvalue weighted by atomic mass is 9.94. The summed E-state index contributed by atoms with van der Waals surface area (Å²) < 4.78 is 38.8. The van der Waals surface area contributed by atoms with Crippen LogP contribution in [0.1, 0.15) is 27.0 Å². The summed E-state index contributed by atoms with van der Waals surface area (Å²) in [6.07, 6.45) is -4.57. The first-order valence-electron chi connectivity index (χ1n) is 5.88. The first-order valence-corrected chi connectivity index (χ1v) is 5.88. The van der Waals surface area contributed by atoms with Crippen molar-refractivity contribution in [2.45, 2.75) is 13.1 Å². The van der Waals surface area contributed by atoms with Crippen molar-refractivity contribution >= 4 is 11.5 Å². The van der Waals surface area contributed by atoms with Gasteiger partial charge in [-0.15, -0.1) is 0 Å². The molecule has 2 nitrogen and oxygen atoms in total. The van der Waals surface area contributed by atoms with Crippen LogP contribution in [-0.2, 0) is 6.18 Å². The lowest BCUT2D eigenvalue weighted by Gasteiger charge is -2.13. The fourth-order valence-corrected chi connectivity index (χ4v) is 1.97. The number of hydrogen-bond donors (Lipinski definition) is 1. The summed E-state index contributed by atoms with van der Waals surface area (Å²) in [6, 6.07) is 9.35. The number of benzene rings is 2. The Bertz CT molecular complexity index is 662. The number of anilines is 1. The van der Waals surface area contributed by atoms with Crippen LogP contribution < -0.4 is 5.73 Å². The van der Waals surface area contributed by atoms with Gasteiger partial charge in [0.1, 0.15) is 0 Å². The molecular formula is C15H12F3NO. The minimum atomic E-state index is -4.57. The highest BCUT2D eigenvalue weighted by molar-refractivity contribution is 6.11. The number of rotatable bonds is 2. The number of ketones is 1. The fourth-order valence-electron chi connectivity index (χ4n) is 1.97. The Morgan fingerprint density at radius 2 is 1.60 bits per heavy atom. The number of nitrogen functional groups attached to an aromatic ring is 1. The normalized spacial score (nSPS) is 11.4. The second-order valence-electron chi connectivity index (χ2n) is 4.39. The molecule has 2 N–H and O–H groups in total. The fraction of sp³-hybridized carbons (Fsp3) is 0.133. The van der Waals surface area contributed by atoms with Gasteiger partial charge in [-0.1, -0.05) is 30.3 Å². The van der Waals surface area contributed by atoms with E-state index >= 15 is 0 Å². The van der Waals surface area contributed by atoms with E-state index < -0.39 is 17.5 Å². The van der Waals surface area contributed by atoms with E-state index in [1.165, 1.54) is 24.3 Å². The van der Waals surface area contributed by atoms with Crippen molar-refractivity contribution in [3.63, 3.8) is 0 Å².